The first-order chi connectivity index (χ1) is 11.0. The van der Waals surface area contributed by atoms with Crippen LogP contribution < -0.4 is 20.1 Å². The van der Waals surface area contributed by atoms with Gasteiger partial charge in [0.25, 0.3) is 0 Å². The Morgan fingerprint density at radius 1 is 1.09 bits per heavy atom. The topological polar surface area (TPSA) is 59.6 Å². The molecule has 1 amide bonds. The van der Waals surface area contributed by atoms with Gasteiger partial charge in [-0.15, -0.1) is 0 Å². The zero-order valence-corrected chi connectivity index (χ0v) is 14.0. The fourth-order valence-corrected chi connectivity index (χ4v) is 2.19. The minimum atomic E-state index is -0.438. The van der Waals surface area contributed by atoms with Crippen molar-refractivity contribution in [3.05, 3.63) is 47.5 Å². The van der Waals surface area contributed by atoms with Crippen molar-refractivity contribution in [1.29, 1.82) is 0 Å². The second kappa shape index (κ2) is 7.74. The average Bonchev–Trinajstić information content (AvgIpc) is 2.55. The number of carbonyl (C=O) groups excluding carboxylic acids is 1. The van der Waals surface area contributed by atoms with Crippen LogP contribution in [0.15, 0.2) is 42.5 Å². The highest BCUT2D eigenvalue weighted by Crippen LogP contribution is 2.28. The number of hydrogen-bond donors (Lipinski definition) is 2. The number of rotatable bonds is 6. The van der Waals surface area contributed by atoms with Crippen LogP contribution >= 0.6 is 11.6 Å². The molecule has 0 spiro atoms. The fraction of sp³-hybridized carbons (Fsp3) is 0.235. The number of hydrogen-bond acceptors (Lipinski definition) is 4. The second-order valence-electron chi connectivity index (χ2n) is 4.93. The van der Waals surface area contributed by atoms with E-state index in [2.05, 4.69) is 10.6 Å². The van der Waals surface area contributed by atoms with Gasteiger partial charge in [-0.3, -0.25) is 4.79 Å². The molecule has 2 rings (SSSR count). The van der Waals surface area contributed by atoms with Crippen molar-refractivity contribution in [2.75, 3.05) is 24.9 Å². The SMILES string of the molecule is COc1ccc(N[C@H](C)C(=O)Nc2cc(Cl)ccc2OC)cc1. The van der Waals surface area contributed by atoms with Crippen molar-refractivity contribution in [2.24, 2.45) is 0 Å². The maximum Gasteiger partial charge on any atom is 0.246 e. The molecule has 2 N–H and O–H groups in total. The first-order valence-corrected chi connectivity index (χ1v) is 7.46. The summed E-state index contributed by atoms with van der Waals surface area (Å²) in [7, 11) is 3.15. The van der Waals surface area contributed by atoms with Crippen LogP contribution in [-0.4, -0.2) is 26.2 Å². The lowest BCUT2D eigenvalue weighted by atomic mass is 10.2. The highest BCUT2D eigenvalue weighted by molar-refractivity contribution is 6.31. The number of benzene rings is 2. The van der Waals surface area contributed by atoms with Gasteiger partial charge in [0, 0.05) is 10.7 Å². The minimum absolute atomic E-state index is 0.193. The summed E-state index contributed by atoms with van der Waals surface area (Å²) < 4.78 is 10.3. The summed E-state index contributed by atoms with van der Waals surface area (Å²) in [6.07, 6.45) is 0. The van der Waals surface area contributed by atoms with Crippen molar-refractivity contribution in [1.82, 2.24) is 0 Å². The van der Waals surface area contributed by atoms with Crippen molar-refractivity contribution in [2.45, 2.75) is 13.0 Å². The molecule has 0 heterocycles. The largest absolute Gasteiger partial charge is 0.497 e. The number of amides is 1. The second-order valence-corrected chi connectivity index (χ2v) is 5.36. The van der Waals surface area contributed by atoms with Crippen LogP contribution in [0.25, 0.3) is 0 Å². The van der Waals surface area contributed by atoms with Gasteiger partial charge in [-0.2, -0.15) is 0 Å². The first kappa shape index (κ1) is 17.0. The number of methoxy groups -OCH3 is 2. The summed E-state index contributed by atoms with van der Waals surface area (Å²) in [5.41, 5.74) is 1.36. The Labute approximate surface area is 140 Å². The van der Waals surface area contributed by atoms with Crippen LogP contribution in [0.3, 0.4) is 0 Å². The molecular weight excluding hydrogens is 316 g/mol. The lowest BCUT2D eigenvalue weighted by Crippen LogP contribution is -2.32. The molecule has 0 aliphatic heterocycles. The molecule has 0 fully saturated rings. The summed E-state index contributed by atoms with van der Waals surface area (Å²) in [5.74, 6) is 1.12. The highest BCUT2D eigenvalue weighted by atomic mass is 35.5. The van der Waals surface area contributed by atoms with E-state index in [-0.39, 0.29) is 5.91 Å². The average molecular weight is 335 g/mol. The van der Waals surface area contributed by atoms with Gasteiger partial charge in [0.1, 0.15) is 17.5 Å². The minimum Gasteiger partial charge on any atom is -0.497 e. The maximum absolute atomic E-state index is 12.3. The summed E-state index contributed by atoms with van der Waals surface area (Å²) >= 11 is 5.96. The normalized spacial score (nSPS) is 11.5. The van der Waals surface area contributed by atoms with Crippen molar-refractivity contribution in [3.63, 3.8) is 0 Å². The van der Waals surface area contributed by atoms with E-state index < -0.39 is 6.04 Å². The van der Waals surface area contributed by atoms with Crippen LogP contribution in [0.2, 0.25) is 5.02 Å². The molecule has 0 radical (unpaired) electrons. The number of carbonyl (C=O) groups is 1. The summed E-state index contributed by atoms with van der Waals surface area (Å²) in [6.45, 7) is 1.77. The lowest BCUT2D eigenvalue weighted by Gasteiger charge is -2.17. The van der Waals surface area contributed by atoms with Crippen LogP contribution in [0.1, 0.15) is 6.92 Å². The van der Waals surface area contributed by atoms with E-state index >= 15 is 0 Å². The van der Waals surface area contributed by atoms with Crippen LogP contribution in [0.5, 0.6) is 11.5 Å². The van der Waals surface area contributed by atoms with E-state index in [4.69, 9.17) is 21.1 Å². The number of anilines is 2. The number of halogens is 1. The number of nitrogens with one attached hydrogen (secondary N) is 2. The Morgan fingerprint density at radius 3 is 2.39 bits per heavy atom. The third-order valence-electron chi connectivity index (χ3n) is 3.29. The van der Waals surface area contributed by atoms with Gasteiger partial charge in [0.05, 0.1) is 19.9 Å². The molecular formula is C17H19ClN2O3. The zero-order chi connectivity index (χ0) is 16.8. The molecule has 1 atom stereocenters. The van der Waals surface area contributed by atoms with Gasteiger partial charge >= 0.3 is 0 Å². The van der Waals surface area contributed by atoms with Gasteiger partial charge in [0.15, 0.2) is 0 Å². The Kier molecular flexibility index (Phi) is 5.71. The van der Waals surface area contributed by atoms with Gasteiger partial charge in [-0.05, 0) is 49.4 Å². The van der Waals surface area contributed by atoms with E-state index in [1.165, 1.54) is 7.11 Å². The monoisotopic (exact) mass is 334 g/mol. The Hall–Kier alpha value is -2.40. The van der Waals surface area contributed by atoms with Gasteiger partial charge in [-0.1, -0.05) is 11.6 Å². The predicted octanol–water partition coefficient (Wildman–Crippen LogP) is 3.80. The maximum atomic E-state index is 12.3. The van der Waals surface area contributed by atoms with Gasteiger partial charge in [-0.25, -0.2) is 0 Å². The van der Waals surface area contributed by atoms with Crippen molar-refractivity contribution >= 4 is 28.9 Å². The molecule has 6 heteroatoms. The van der Waals surface area contributed by atoms with Crippen molar-refractivity contribution in [3.8, 4) is 11.5 Å². The van der Waals surface area contributed by atoms with E-state index in [9.17, 15) is 4.79 Å². The Bertz CT molecular complexity index is 674. The third-order valence-corrected chi connectivity index (χ3v) is 3.52. The van der Waals surface area contributed by atoms with E-state index in [1.807, 2.05) is 24.3 Å². The number of ether oxygens (including phenoxy) is 2. The van der Waals surface area contributed by atoms with Crippen LogP contribution in [0, 0.1) is 0 Å². The highest BCUT2D eigenvalue weighted by Gasteiger charge is 2.15. The summed E-state index contributed by atoms with van der Waals surface area (Å²) in [6, 6.07) is 12.0. The molecule has 0 aliphatic rings. The smallest absolute Gasteiger partial charge is 0.246 e. The van der Waals surface area contributed by atoms with Crippen LogP contribution in [0.4, 0.5) is 11.4 Å². The molecule has 0 unspecified atom stereocenters. The predicted molar refractivity (Wildman–Crippen MR) is 92.7 cm³/mol. The molecule has 0 aromatic heterocycles. The Morgan fingerprint density at radius 2 is 1.78 bits per heavy atom. The molecule has 122 valence electrons. The summed E-state index contributed by atoms with van der Waals surface area (Å²) in [5, 5.41) is 6.46. The van der Waals surface area contributed by atoms with E-state index in [0.29, 0.717) is 16.5 Å². The first-order valence-electron chi connectivity index (χ1n) is 7.08. The van der Waals surface area contributed by atoms with Gasteiger partial charge in [0.2, 0.25) is 5.91 Å². The molecule has 0 saturated carbocycles. The molecule has 23 heavy (non-hydrogen) atoms. The van der Waals surface area contributed by atoms with Crippen LogP contribution in [-0.2, 0) is 4.79 Å². The van der Waals surface area contributed by atoms with Gasteiger partial charge < -0.3 is 20.1 Å². The molecule has 2 aromatic carbocycles. The molecule has 2 aromatic rings. The zero-order valence-electron chi connectivity index (χ0n) is 13.2. The third kappa shape index (κ3) is 4.53. The molecule has 0 aliphatic carbocycles. The Balaban J connectivity index is 2.03. The fourth-order valence-electron chi connectivity index (χ4n) is 2.02. The standard InChI is InChI=1S/C17H19ClN2O3/c1-11(19-13-5-7-14(22-2)8-6-13)17(21)20-15-10-12(18)4-9-16(15)23-3/h4-11,19H,1-3H3,(H,20,21)/t11-/m1/s1. The summed E-state index contributed by atoms with van der Waals surface area (Å²) in [4.78, 5) is 12.3. The van der Waals surface area contributed by atoms with E-state index in [0.717, 1.165) is 11.4 Å². The van der Waals surface area contributed by atoms with E-state index in [1.54, 1.807) is 32.2 Å². The quantitative estimate of drug-likeness (QED) is 0.843. The van der Waals surface area contributed by atoms with Crippen molar-refractivity contribution < 1.29 is 14.3 Å². The molecule has 0 saturated heterocycles. The molecule has 5 nitrogen and oxygen atoms in total. The molecule has 0 bridgehead atoms. The lowest BCUT2D eigenvalue weighted by molar-refractivity contribution is -0.116.